The van der Waals surface area contributed by atoms with Gasteiger partial charge >= 0.3 is 8.56 Å². The van der Waals surface area contributed by atoms with Gasteiger partial charge < -0.3 is 18.3 Å². The third-order valence-corrected chi connectivity index (χ3v) is 8.51. The van der Waals surface area contributed by atoms with Gasteiger partial charge in [-0.05, 0) is 47.1 Å². The van der Waals surface area contributed by atoms with E-state index in [0.717, 1.165) is 25.3 Å². The minimum atomic E-state index is -2.45. The Balaban J connectivity index is 0.000000370. The fourth-order valence-electron chi connectivity index (χ4n) is 3.38. The van der Waals surface area contributed by atoms with E-state index < -0.39 is 14.0 Å². The van der Waals surface area contributed by atoms with Crippen LogP contribution in [0.5, 0.6) is 0 Å². The number of benzene rings is 1. The van der Waals surface area contributed by atoms with Crippen LogP contribution in [0.15, 0.2) is 30.3 Å². The van der Waals surface area contributed by atoms with E-state index in [1.54, 1.807) is 0 Å². The second-order valence-corrected chi connectivity index (χ2v) is 9.44. The van der Waals surface area contributed by atoms with Gasteiger partial charge in [-0.3, -0.25) is 0 Å². The molecule has 0 aliphatic carbocycles. The van der Waals surface area contributed by atoms with Crippen LogP contribution in [-0.2, 0) is 18.3 Å². The summed E-state index contributed by atoms with van der Waals surface area (Å²) in [7, 11) is -2.45. The van der Waals surface area contributed by atoms with E-state index in [-0.39, 0.29) is 0 Å². The van der Waals surface area contributed by atoms with E-state index in [2.05, 4.69) is 19.1 Å². The highest BCUT2D eigenvalue weighted by Gasteiger charge is 2.61. The summed E-state index contributed by atoms with van der Waals surface area (Å²) in [4.78, 5) is 0. The van der Waals surface area contributed by atoms with Crippen molar-refractivity contribution in [1.82, 2.24) is 0 Å². The first-order valence-electron chi connectivity index (χ1n) is 9.67. The van der Waals surface area contributed by atoms with Gasteiger partial charge in [-0.25, -0.2) is 0 Å². The van der Waals surface area contributed by atoms with E-state index >= 15 is 0 Å². The maximum Gasteiger partial charge on any atom is 0.399 e. The molecule has 5 heteroatoms. The van der Waals surface area contributed by atoms with Crippen LogP contribution in [0.2, 0.25) is 6.04 Å². The summed E-state index contributed by atoms with van der Waals surface area (Å²) in [5, 5.41) is 0. The van der Waals surface area contributed by atoms with Gasteiger partial charge in [0.1, 0.15) is 0 Å². The van der Waals surface area contributed by atoms with Gasteiger partial charge in [0, 0.05) is 32.8 Å². The lowest BCUT2D eigenvalue weighted by atomic mass is 10.2. The molecule has 0 amide bonds. The number of hydrogen-bond acceptors (Lipinski definition) is 4. The van der Waals surface area contributed by atoms with Crippen LogP contribution in [0.1, 0.15) is 52.5 Å². The summed E-state index contributed by atoms with van der Waals surface area (Å²) in [5.74, 6) is 0. The monoisotopic (exact) mass is 368 g/mol. The molecule has 0 radical (unpaired) electrons. The number of ether oxygens (including phenoxy) is 2. The first-order chi connectivity index (χ1) is 12.1. The summed E-state index contributed by atoms with van der Waals surface area (Å²) >= 11 is 0. The van der Waals surface area contributed by atoms with Gasteiger partial charge in [-0.2, -0.15) is 0 Å². The quantitative estimate of drug-likeness (QED) is 0.478. The van der Waals surface area contributed by atoms with Crippen LogP contribution in [0.4, 0.5) is 0 Å². The summed E-state index contributed by atoms with van der Waals surface area (Å²) < 4.78 is 24.2. The molecular weight excluding hydrogens is 332 g/mol. The van der Waals surface area contributed by atoms with E-state index in [4.69, 9.17) is 18.3 Å². The third kappa shape index (κ3) is 6.18. The molecule has 1 aromatic rings. The van der Waals surface area contributed by atoms with Crippen molar-refractivity contribution in [3.63, 3.8) is 0 Å². The zero-order chi connectivity index (χ0) is 18.6. The van der Waals surface area contributed by atoms with E-state index in [0.29, 0.717) is 26.4 Å². The van der Waals surface area contributed by atoms with Crippen molar-refractivity contribution >= 4 is 8.56 Å². The van der Waals surface area contributed by atoms with Crippen molar-refractivity contribution in [3.05, 3.63) is 35.9 Å². The Morgan fingerprint density at radius 2 is 1.40 bits per heavy atom. The largest absolute Gasteiger partial charge is 0.399 e. The first-order valence-corrected chi connectivity index (χ1v) is 11.7. The predicted molar refractivity (Wildman–Crippen MR) is 105 cm³/mol. The van der Waals surface area contributed by atoms with Crippen molar-refractivity contribution in [2.45, 2.75) is 65.3 Å². The maximum atomic E-state index is 6.10. The Hall–Kier alpha value is -0.723. The van der Waals surface area contributed by atoms with Crippen molar-refractivity contribution < 1.29 is 18.3 Å². The summed E-state index contributed by atoms with van der Waals surface area (Å²) in [5.41, 5.74) is 0.711. The Morgan fingerprint density at radius 3 is 1.80 bits per heavy atom. The highest BCUT2D eigenvalue weighted by atomic mass is 28.4. The summed E-state index contributed by atoms with van der Waals surface area (Å²) in [6, 6.07) is 11.2. The van der Waals surface area contributed by atoms with Gasteiger partial charge in [0.2, 0.25) is 5.41 Å². The lowest BCUT2D eigenvalue weighted by Crippen LogP contribution is -2.67. The molecule has 0 unspecified atom stereocenters. The second-order valence-electron chi connectivity index (χ2n) is 6.10. The summed E-state index contributed by atoms with van der Waals surface area (Å²) in [6.07, 6.45) is 3.16. The first kappa shape index (κ1) is 22.3. The Morgan fingerprint density at radius 1 is 0.840 bits per heavy atom. The van der Waals surface area contributed by atoms with Crippen LogP contribution in [0, 0.1) is 6.92 Å². The van der Waals surface area contributed by atoms with Crippen LogP contribution >= 0.6 is 0 Å². The Labute approximate surface area is 155 Å². The molecule has 144 valence electrons. The molecule has 1 fully saturated rings. The minimum Gasteiger partial charge on any atom is -0.392 e. The second kappa shape index (κ2) is 11.8. The van der Waals surface area contributed by atoms with E-state index in [1.165, 1.54) is 5.56 Å². The molecule has 0 atom stereocenters. The van der Waals surface area contributed by atoms with Crippen LogP contribution in [0.25, 0.3) is 0 Å². The molecule has 0 spiro atoms. The Kier molecular flexibility index (Phi) is 10.5. The lowest BCUT2D eigenvalue weighted by Gasteiger charge is -2.48. The van der Waals surface area contributed by atoms with E-state index in [9.17, 15) is 0 Å². The van der Waals surface area contributed by atoms with Gasteiger partial charge in [-0.15, -0.1) is 0 Å². The molecule has 25 heavy (non-hydrogen) atoms. The van der Waals surface area contributed by atoms with Gasteiger partial charge in [0.25, 0.3) is 0 Å². The average Bonchev–Trinajstić information content (AvgIpc) is 2.60. The smallest absolute Gasteiger partial charge is 0.392 e. The van der Waals surface area contributed by atoms with E-state index in [1.807, 2.05) is 45.9 Å². The molecule has 2 rings (SSSR count). The summed E-state index contributed by atoms with van der Waals surface area (Å²) in [6.45, 7) is 12.7. The van der Waals surface area contributed by atoms with Crippen LogP contribution in [-0.4, -0.2) is 40.4 Å². The van der Waals surface area contributed by atoms with Crippen LogP contribution in [0.3, 0.4) is 0 Å². The standard InChI is InChI=1S/C13H28O4Si.C7H8/c1-5-14-13(15-6-2)11-9-10-12-18(13,16-7-3)17-8-4;1-7-5-3-2-4-6-7/h5-12H2,1-4H3;2-6H,1H3. The normalized spacial score (nSPS) is 18.3. The molecule has 1 aliphatic rings. The van der Waals surface area contributed by atoms with Crippen molar-refractivity contribution in [2.75, 3.05) is 26.4 Å². The molecular formula is C20H36O4Si. The fourth-order valence-corrected chi connectivity index (χ4v) is 7.50. The molecule has 0 aromatic heterocycles. The topological polar surface area (TPSA) is 36.9 Å². The van der Waals surface area contributed by atoms with Crippen LogP contribution < -0.4 is 0 Å². The highest BCUT2D eigenvalue weighted by molar-refractivity contribution is 6.70. The zero-order valence-electron chi connectivity index (χ0n) is 16.7. The average molecular weight is 369 g/mol. The lowest BCUT2D eigenvalue weighted by molar-refractivity contribution is -0.211. The maximum absolute atomic E-state index is 6.10. The third-order valence-electron chi connectivity index (χ3n) is 4.29. The molecule has 1 heterocycles. The van der Waals surface area contributed by atoms with Gasteiger partial charge in [0.05, 0.1) is 0 Å². The molecule has 1 aromatic carbocycles. The zero-order valence-corrected chi connectivity index (χ0v) is 17.7. The van der Waals surface area contributed by atoms with Gasteiger partial charge in [0.15, 0.2) is 0 Å². The van der Waals surface area contributed by atoms with Crippen molar-refractivity contribution in [1.29, 1.82) is 0 Å². The molecule has 0 N–H and O–H groups in total. The van der Waals surface area contributed by atoms with Gasteiger partial charge in [-0.1, -0.05) is 42.3 Å². The molecule has 1 saturated heterocycles. The SMILES string of the molecule is CCOC1(OCC)CCCC[Si]1(OCC)OCC.Cc1ccccc1. The van der Waals surface area contributed by atoms with Crippen molar-refractivity contribution in [2.24, 2.45) is 0 Å². The molecule has 0 saturated carbocycles. The Bertz CT molecular complexity index is 405. The van der Waals surface area contributed by atoms with Crippen molar-refractivity contribution in [3.8, 4) is 0 Å². The minimum absolute atomic E-state index is 0.610. The predicted octanol–water partition coefficient (Wildman–Crippen LogP) is 4.99. The molecule has 4 nitrogen and oxygen atoms in total. The highest BCUT2D eigenvalue weighted by Crippen LogP contribution is 2.41. The number of aryl methyl sites for hydroxylation is 1. The molecule has 1 aliphatic heterocycles. The number of hydrogen-bond donors (Lipinski definition) is 0. The number of rotatable bonds is 8. The molecule has 0 bridgehead atoms. The fraction of sp³-hybridized carbons (Fsp3) is 0.700.